The van der Waals surface area contributed by atoms with Crippen LogP contribution in [0.3, 0.4) is 0 Å². The number of rotatable bonds is 6. The first-order valence-corrected chi connectivity index (χ1v) is 7.52. The number of benzene rings is 1. The Kier molecular flexibility index (Phi) is 9.68. The van der Waals surface area contributed by atoms with Crippen LogP contribution >= 0.6 is 12.6 Å². The fourth-order valence-corrected chi connectivity index (χ4v) is 1.92. The second kappa shape index (κ2) is 10.6. The molecule has 1 rings (SSSR count). The second-order valence-electron chi connectivity index (χ2n) is 4.70. The molecule has 1 aromatic rings. The predicted molar refractivity (Wildman–Crippen MR) is 90.8 cm³/mol. The summed E-state index contributed by atoms with van der Waals surface area (Å²) in [6.45, 7) is 2.84. The standard InChI is InChI=1S/C11H13NO3.C4H9NO2S/c1-8(11(14)15)12(9(2)13)10-6-4-3-5-7-10;5-3(1-2-8)4(6)7/h3-8H,1-2H3,(H,14,15);3,8H,1-2,5H2,(H,6,7). The number of carboxylic acids is 2. The Morgan fingerprint density at radius 2 is 1.70 bits per heavy atom. The first kappa shape index (κ1) is 20.9. The van der Waals surface area contributed by atoms with Crippen molar-refractivity contribution in [2.75, 3.05) is 10.7 Å². The molecule has 0 bridgehead atoms. The fraction of sp³-hybridized carbons (Fsp3) is 0.400. The molecule has 2 unspecified atom stereocenters. The molecule has 128 valence electrons. The number of carbonyl (C=O) groups excluding carboxylic acids is 1. The van der Waals surface area contributed by atoms with Crippen molar-refractivity contribution in [2.24, 2.45) is 5.73 Å². The number of nitrogens with two attached hydrogens (primary N) is 1. The Morgan fingerprint density at radius 1 is 1.17 bits per heavy atom. The molecule has 4 N–H and O–H groups in total. The number of hydrogen-bond donors (Lipinski definition) is 4. The number of amides is 1. The number of anilines is 1. The summed E-state index contributed by atoms with van der Waals surface area (Å²) in [6.07, 6.45) is 0.429. The lowest BCUT2D eigenvalue weighted by Crippen LogP contribution is -2.42. The molecule has 0 aliphatic carbocycles. The molecule has 0 saturated carbocycles. The van der Waals surface area contributed by atoms with Crippen molar-refractivity contribution in [3.63, 3.8) is 0 Å². The Balaban J connectivity index is 0.000000515. The highest BCUT2D eigenvalue weighted by Crippen LogP contribution is 2.16. The maximum absolute atomic E-state index is 11.4. The van der Waals surface area contributed by atoms with E-state index in [2.05, 4.69) is 12.6 Å². The van der Waals surface area contributed by atoms with Gasteiger partial charge in [-0.3, -0.25) is 14.5 Å². The minimum absolute atomic E-state index is 0.281. The number of para-hydroxylation sites is 1. The summed E-state index contributed by atoms with van der Waals surface area (Å²) in [5.74, 6) is -1.74. The van der Waals surface area contributed by atoms with Crippen molar-refractivity contribution in [2.45, 2.75) is 32.4 Å². The summed E-state index contributed by atoms with van der Waals surface area (Å²) in [4.78, 5) is 33.4. The SMILES string of the molecule is CC(=O)N(c1ccccc1)C(C)C(=O)O.NC(CCS)C(=O)O. The van der Waals surface area contributed by atoms with Gasteiger partial charge >= 0.3 is 11.9 Å². The molecule has 0 aromatic heterocycles. The lowest BCUT2D eigenvalue weighted by molar-refractivity contribution is -0.139. The van der Waals surface area contributed by atoms with Crippen LogP contribution in [-0.2, 0) is 14.4 Å². The Labute approximate surface area is 140 Å². The molecule has 2 atom stereocenters. The van der Waals surface area contributed by atoms with Crippen LogP contribution in [0.1, 0.15) is 20.3 Å². The van der Waals surface area contributed by atoms with E-state index >= 15 is 0 Å². The van der Waals surface area contributed by atoms with Crippen molar-refractivity contribution in [3.8, 4) is 0 Å². The van der Waals surface area contributed by atoms with Gasteiger partial charge in [-0.25, -0.2) is 4.79 Å². The summed E-state index contributed by atoms with van der Waals surface area (Å²) in [5.41, 5.74) is 5.68. The molecule has 0 aliphatic heterocycles. The molecule has 0 spiro atoms. The van der Waals surface area contributed by atoms with Gasteiger partial charge in [0.15, 0.2) is 0 Å². The molecule has 1 aromatic carbocycles. The monoisotopic (exact) mass is 342 g/mol. The van der Waals surface area contributed by atoms with Gasteiger partial charge in [0.05, 0.1) is 0 Å². The molecule has 0 saturated heterocycles. The van der Waals surface area contributed by atoms with Crippen molar-refractivity contribution < 1.29 is 24.6 Å². The zero-order valence-electron chi connectivity index (χ0n) is 13.0. The maximum Gasteiger partial charge on any atom is 0.326 e. The molecular weight excluding hydrogens is 320 g/mol. The van der Waals surface area contributed by atoms with Gasteiger partial charge in [0.25, 0.3) is 0 Å². The van der Waals surface area contributed by atoms with Crippen molar-refractivity contribution in [3.05, 3.63) is 30.3 Å². The van der Waals surface area contributed by atoms with E-state index < -0.39 is 24.0 Å². The zero-order chi connectivity index (χ0) is 18.0. The van der Waals surface area contributed by atoms with Crippen LogP contribution in [0.25, 0.3) is 0 Å². The molecule has 1 amide bonds. The molecule has 0 heterocycles. The van der Waals surface area contributed by atoms with E-state index in [0.717, 1.165) is 0 Å². The minimum Gasteiger partial charge on any atom is -0.480 e. The lowest BCUT2D eigenvalue weighted by Gasteiger charge is -2.25. The van der Waals surface area contributed by atoms with Crippen molar-refractivity contribution in [1.29, 1.82) is 0 Å². The van der Waals surface area contributed by atoms with Gasteiger partial charge in [0.1, 0.15) is 12.1 Å². The fourth-order valence-electron chi connectivity index (χ4n) is 1.64. The molecule has 7 nitrogen and oxygen atoms in total. The van der Waals surface area contributed by atoms with E-state index in [4.69, 9.17) is 15.9 Å². The van der Waals surface area contributed by atoms with Crippen LogP contribution in [0.2, 0.25) is 0 Å². The third-order valence-electron chi connectivity index (χ3n) is 2.88. The van der Waals surface area contributed by atoms with Crippen LogP contribution in [0.5, 0.6) is 0 Å². The number of thiol groups is 1. The smallest absolute Gasteiger partial charge is 0.326 e. The second-order valence-corrected chi connectivity index (χ2v) is 5.14. The first-order chi connectivity index (χ1) is 10.7. The summed E-state index contributed by atoms with van der Waals surface area (Å²) in [6, 6.07) is 7.16. The molecule has 23 heavy (non-hydrogen) atoms. The third kappa shape index (κ3) is 7.66. The van der Waals surface area contributed by atoms with Crippen molar-refractivity contribution >= 4 is 36.2 Å². The number of hydrogen-bond acceptors (Lipinski definition) is 5. The molecule has 0 radical (unpaired) electrons. The molecular formula is C15H22N2O5S. The van der Waals surface area contributed by atoms with E-state index in [1.165, 1.54) is 18.7 Å². The number of aliphatic carboxylic acids is 2. The van der Waals surface area contributed by atoms with E-state index in [9.17, 15) is 14.4 Å². The molecule has 0 aliphatic rings. The highest BCUT2D eigenvalue weighted by molar-refractivity contribution is 7.80. The number of carboxylic acid groups (broad SMARTS) is 2. The third-order valence-corrected chi connectivity index (χ3v) is 3.13. The zero-order valence-corrected chi connectivity index (χ0v) is 13.9. The van der Waals surface area contributed by atoms with Gasteiger partial charge in [-0.15, -0.1) is 0 Å². The average Bonchev–Trinajstić information content (AvgIpc) is 2.48. The van der Waals surface area contributed by atoms with Crippen LogP contribution < -0.4 is 10.6 Å². The van der Waals surface area contributed by atoms with E-state index in [1.807, 2.05) is 6.07 Å². The highest BCUT2D eigenvalue weighted by Gasteiger charge is 2.24. The van der Waals surface area contributed by atoms with E-state index in [-0.39, 0.29) is 5.91 Å². The van der Waals surface area contributed by atoms with Gasteiger partial charge in [0.2, 0.25) is 5.91 Å². The number of nitrogens with zero attached hydrogens (tertiary/aromatic N) is 1. The van der Waals surface area contributed by atoms with Crippen LogP contribution in [0, 0.1) is 0 Å². The van der Waals surface area contributed by atoms with E-state index in [0.29, 0.717) is 17.9 Å². The summed E-state index contributed by atoms with van der Waals surface area (Å²) in [5, 5.41) is 17.0. The number of carbonyl (C=O) groups is 3. The minimum atomic E-state index is -1.02. The Hall–Kier alpha value is -2.06. The highest BCUT2D eigenvalue weighted by atomic mass is 32.1. The largest absolute Gasteiger partial charge is 0.480 e. The predicted octanol–water partition coefficient (Wildman–Crippen LogP) is 1.23. The van der Waals surface area contributed by atoms with Gasteiger partial charge in [-0.1, -0.05) is 18.2 Å². The van der Waals surface area contributed by atoms with Gasteiger partial charge in [0, 0.05) is 12.6 Å². The Morgan fingerprint density at radius 3 is 2.00 bits per heavy atom. The van der Waals surface area contributed by atoms with Gasteiger partial charge in [-0.05, 0) is 31.2 Å². The van der Waals surface area contributed by atoms with Crippen molar-refractivity contribution in [1.82, 2.24) is 0 Å². The van der Waals surface area contributed by atoms with E-state index in [1.54, 1.807) is 24.3 Å². The molecule has 8 heteroatoms. The summed E-state index contributed by atoms with van der Waals surface area (Å²) in [7, 11) is 0. The first-order valence-electron chi connectivity index (χ1n) is 6.89. The van der Waals surface area contributed by atoms with Crippen LogP contribution in [0.4, 0.5) is 5.69 Å². The average molecular weight is 342 g/mol. The van der Waals surface area contributed by atoms with Gasteiger partial charge < -0.3 is 15.9 Å². The normalized spacial score (nSPS) is 12.3. The Bertz CT molecular complexity index is 524. The summed E-state index contributed by atoms with van der Waals surface area (Å²) >= 11 is 3.81. The summed E-state index contributed by atoms with van der Waals surface area (Å²) < 4.78 is 0. The van der Waals surface area contributed by atoms with Crippen LogP contribution in [0.15, 0.2) is 30.3 Å². The lowest BCUT2D eigenvalue weighted by atomic mass is 10.2. The molecule has 0 fully saturated rings. The van der Waals surface area contributed by atoms with Gasteiger partial charge in [-0.2, -0.15) is 12.6 Å². The van der Waals surface area contributed by atoms with Crippen LogP contribution in [-0.4, -0.2) is 45.9 Å². The maximum atomic E-state index is 11.4. The quantitative estimate of drug-likeness (QED) is 0.577. The topological polar surface area (TPSA) is 121 Å².